The molecular formula is C13H21NO3S. The van der Waals surface area contributed by atoms with Crippen molar-refractivity contribution in [1.82, 2.24) is 0 Å². The molecule has 0 aromatic heterocycles. The Hall–Kier alpha value is -1.07. The predicted molar refractivity (Wildman–Crippen MR) is 73.4 cm³/mol. The molecule has 4 nitrogen and oxygen atoms in total. The largest absolute Gasteiger partial charge is 0.493 e. The van der Waals surface area contributed by atoms with Gasteiger partial charge >= 0.3 is 0 Å². The van der Waals surface area contributed by atoms with Crippen molar-refractivity contribution >= 4 is 10.0 Å². The number of nitrogens with two attached hydrogens (primary N) is 1. The zero-order valence-corrected chi connectivity index (χ0v) is 12.0. The van der Waals surface area contributed by atoms with Crippen molar-refractivity contribution in [2.75, 3.05) is 12.4 Å². The van der Waals surface area contributed by atoms with Gasteiger partial charge in [-0.2, -0.15) is 0 Å². The summed E-state index contributed by atoms with van der Waals surface area (Å²) in [5.74, 6) is 1.16. The summed E-state index contributed by atoms with van der Waals surface area (Å²) in [6, 6.07) is 6.08. The van der Waals surface area contributed by atoms with Crippen LogP contribution in [0.15, 0.2) is 18.2 Å². The number of sulfonamides is 1. The first-order valence-electron chi connectivity index (χ1n) is 6.03. The van der Waals surface area contributed by atoms with Crippen LogP contribution in [0, 0.1) is 6.92 Å². The highest BCUT2D eigenvalue weighted by molar-refractivity contribution is 7.89. The number of benzene rings is 1. The average molecular weight is 271 g/mol. The van der Waals surface area contributed by atoms with Crippen LogP contribution in [0.1, 0.15) is 37.3 Å². The molecule has 1 aromatic carbocycles. The molecule has 0 amide bonds. The van der Waals surface area contributed by atoms with Crippen LogP contribution in [0.2, 0.25) is 0 Å². The van der Waals surface area contributed by atoms with E-state index < -0.39 is 10.0 Å². The van der Waals surface area contributed by atoms with Crippen molar-refractivity contribution in [2.45, 2.75) is 33.1 Å². The summed E-state index contributed by atoms with van der Waals surface area (Å²) in [5, 5.41) is 4.93. The number of aryl methyl sites for hydroxylation is 1. The van der Waals surface area contributed by atoms with E-state index in [-0.39, 0.29) is 5.75 Å². The summed E-state index contributed by atoms with van der Waals surface area (Å²) >= 11 is 0. The number of hydrogen-bond donors (Lipinski definition) is 1. The normalized spacial score (nSPS) is 11.8. The van der Waals surface area contributed by atoms with Crippen molar-refractivity contribution in [3.05, 3.63) is 29.3 Å². The molecule has 102 valence electrons. The van der Waals surface area contributed by atoms with Crippen LogP contribution >= 0.6 is 0 Å². The van der Waals surface area contributed by atoms with E-state index in [1.54, 1.807) is 0 Å². The van der Waals surface area contributed by atoms with Gasteiger partial charge in [0.2, 0.25) is 10.0 Å². The minimum absolute atomic E-state index is 0.0458. The monoisotopic (exact) mass is 271 g/mol. The molecular weight excluding hydrogens is 250 g/mol. The maximum absolute atomic E-state index is 10.8. The molecule has 0 spiro atoms. The van der Waals surface area contributed by atoms with Crippen LogP contribution in [0.4, 0.5) is 0 Å². The second-order valence-corrected chi connectivity index (χ2v) is 6.50. The Morgan fingerprint density at radius 2 is 2.00 bits per heavy atom. The molecule has 1 rings (SSSR count). The van der Waals surface area contributed by atoms with Crippen LogP contribution < -0.4 is 9.88 Å². The maximum Gasteiger partial charge on any atom is 0.209 e. The SMILES string of the molecule is Cc1ccc(C(C)C)c(OCCCS(N)(=O)=O)c1. The van der Waals surface area contributed by atoms with Crippen molar-refractivity contribution in [2.24, 2.45) is 5.14 Å². The minimum Gasteiger partial charge on any atom is -0.493 e. The first-order valence-corrected chi connectivity index (χ1v) is 7.75. The van der Waals surface area contributed by atoms with E-state index in [4.69, 9.17) is 9.88 Å². The Labute approximate surface area is 109 Å². The topological polar surface area (TPSA) is 69.4 Å². The van der Waals surface area contributed by atoms with Gasteiger partial charge in [-0.05, 0) is 36.5 Å². The van der Waals surface area contributed by atoms with Crippen LogP contribution in [-0.2, 0) is 10.0 Å². The van der Waals surface area contributed by atoms with Gasteiger partial charge in [-0.15, -0.1) is 0 Å². The summed E-state index contributed by atoms with van der Waals surface area (Å²) in [5.41, 5.74) is 2.26. The van der Waals surface area contributed by atoms with Crippen LogP contribution in [-0.4, -0.2) is 20.8 Å². The maximum atomic E-state index is 10.8. The second-order valence-electron chi connectivity index (χ2n) is 4.76. The molecule has 2 N–H and O–H groups in total. The highest BCUT2D eigenvalue weighted by Gasteiger charge is 2.08. The van der Waals surface area contributed by atoms with Gasteiger partial charge in [0.15, 0.2) is 0 Å². The van der Waals surface area contributed by atoms with Crippen LogP contribution in [0.3, 0.4) is 0 Å². The van der Waals surface area contributed by atoms with E-state index in [0.29, 0.717) is 18.9 Å². The van der Waals surface area contributed by atoms with Crippen LogP contribution in [0.5, 0.6) is 5.75 Å². The molecule has 0 aliphatic carbocycles. The second kappa shape index (κ2) is 6.20. The Morgan fingerprint density at radius 1 is 1.33 bits per heavy atom. The van der Waals surface area contributed by atoms with E-state index in [1.165, 1.54) is 0 Å². The van der Waals surface area contributed by atoms with E-state index >= 15 is 0 Å². The van der Waals surface area contributed by atoms with Gasteiger partial charge in [-0.1, -0.05) is 26.0 Å². The van der Waals surface area contributed by atoms with Crippen molar-refractivity contribution in [3.8, 4) is 5.75 Å². The zero-order chi connectivity index (χ0) is 13.8. The van der Waals surface area contributed by atoms with E-state index in [1.807, 2.05) is 19.1 Å². The molecule has 18 heavy (non-hydrogen) atoms. The van der Waals surface area contributed by atoms with Gasteiger partial charge in [0.05, 0.1) is 12.4 Å². The third-order valence-corrected chi connectivity index (χ3v) is 3.48. The smallest absolute Gasteiger partial charge is 0.209 e. The van der Waals surface area contributed by atoms with Crippen molar-refractivity contribution in [3.63, 3.8) is 0 Å². The Bertz CT molecular complexity index is 495. The Morgan fingerprint density at radius 3 is 2.56 bits per heavy atom. The number of ether oxygens (including phenoxy) is 1. The number of rotatable bonds is 6. The summed E-state index contributed by atoms with van der Waals surface area (Å²) in [6.45, 7) is 6.56. The minimum atomic E-state index is -3.39. The first-order chi connectivity index (χ1) is 8.29. The highest BCUT2D eigenvalue weighted by atomic mass is 32.2. The van der Waals surface area contributed by atoms with Gasteiger partial charge < -0.3 is 4.74 Å². The molecule has 5 heteroatoms. The fourth-order valence-electron chi connectivity index (χ4n) is 1.69. The summed E-state index contributed by atoms with van der Waals surface area (Å²) < 4.78 is 27.2. The lowest BCUT2D eigenvalue weighted by Gasteiger charge is -2.14. The molecule has 0 atom stereocenters. The molecule has 1 aromatic rings. The standard InChI is InChI=1S/C13H21NO3S/c1-10(2)12-6-5-11(3)9-13(12)17-7-4-8-18(14,15)16/h5-6,9-10H,4,7-8H2,1-3H3,(H2,14,15,16). The molecule has 0 fully saturated rings. The third kappa shape index (κ3) is 5.06. The molecule has 0 aliphatic rings. The van der Waals surface area contributed by atoms with E-state index in [2.05, 4.69) is 19.9 Å². The summed E-state index contributed by atoms with van der Waals surface area (Å²) in [4.78, 5) is 0. The van der Waals surface area contributed by atoms with E-state index in [9.17, 15) is 8.42 Å². The summed E-state index contributed by atoms with van der Waals surface area (Å²) in [7, 11) is -3.39. The molecule has 0 saturated carbocycles. The lowest BCUT2D eigenvalue weighted by atomic mass is 10.0. The molecule has 0 heterocycles. The first kappa shape index (κ1) is 15.0. The quantitative estimate of drug-likeness (QED) is 0.806. The zero-order valence-electron chi connectivity index (χ0n) is 11.1. The lowest BCUT2D eigenvalue weighted by molar-refractivity contribution is 0.313. The van der Waals surface area contributed by atoms with Gasteiger partial charge in [-0.3, -0.25) is 0 Å². The number of primary sulfonamides is 1. The average Bonchev–Trinajstić information content (AvgIpc) is 2.22. The highest BCUT2D eigenvalue weighted by Crippen LogP contribution is 2.27. The lowest BCUT2D eigenvalue weighted by Crippen LogP contribution is -2.18. The summed E-state index contributed by atoms with van der Waals surface area (Å²) in [6.07, 6.45) is 0.407. The molecule has 0 bridgehead atoms. The molecule has 0 aliphatic heterocycles. The van der Waals surface area contributed by atoms with Crippen molar-refractivity contribution in [1.29, 1.82) is 0 Å². The van der Waals surface area contributed by atoms with Crippen molar-refractivity contribution < 1.29 is 13.2 Å². The fourth-order valence-corrected chi connectivity index (χ4v) is 2.21. The van der Waals surface area contributed by atoms with E-state index in [0.717, 1.165) is 16.9 Å². The molecule has 0 unspecified atom stereocenters. The third-order valence-electron chi connectivity index (χ3n) is 2.62. The van der Waals surface area contributed by atoms with Gasteiger partial charge in [0.1, 0.15) is 5.75 Å². The van der Waals surface area contributed by atoms with Gasteiger partial charge in [-0.25, -0.2) is 13.6 Å². The van der Waals surface area contributed by atoms with Gasteiger partial charge in [0, 0.05) is 0 Å². The molecule has 0 saturated heterocycles. The van der Waals surface area contributed by atoms with Crippen LogP contribution in [0.25, 0.3) is 0 Å². The molecule has 0 radical (unpaired) electrons. The number of hydrogen-bond acceptors (Lipinski definition) is 3. The fraction of sp³-hybridized carbons (Fsp3) is 0.538. The Kier molecular flexibility index (Phi) is 5.16. The van der Waals surface area contributed by atoms with Gasteiger partial charge in [0.25, 0.3) is 0 Å². The Balaban J connectivity index is 2.63. The predicted octanol–water partition coefficient (Wildman–Crippen LogP) is 2.18.